The van der Waals surface area contributed by atoms with Gasteiger partial charge < -0.3 is 15.0 Å². The first-order valence-electron chi connectivity index (χ1n) is 8.95. The molecule has 2 aliphatic heterocycles. The summed E-state index contributed by atoms with van der Waals surface area (Å²) < 4.78 is 19.0. The molecule has 1 spiro atoms. The zero-order valence-corrected chi connectivity index (χ0v) is 14.2. The standard InChI is InChI=1S/C18H23FN4O2/c19-14-9-20-17(21-10-14)22-15-8-18(25-11-15)6-3-7-23(12-18)16(24)13-4-1-2-5-13/h1-2,9-10,13,15H,3-8,11-12H2,(H,20,21,22)/t15-,18-/m1/s1. The second-order valence-electron chi connectivity index (χ2n) is 7.27. The van der Waals surface area contributed by atoms with Gasteiger partial charge in [0.1, 0.15) is 0 Å². The van der Waals surface area contributed by atoms with Crippen LogP contribution in [0.15, 0.2) is 24.5 Å². The number of anilines is 1. The maximum Gasteiger partial charge on any atom is 0.226 e. The van der Waals surface area contributed by atoms with Gasteiger partial charge in [-0.25, -0.2) is 14.4 Å². The van der Waals surface area contributed by atoms with Crippen LogP contribution in [0.2, 0.25) is 0 Å². The van der Waals surface area contributed by atoms with Crippen molar-refractivity contribution in [3.05, 3.63) is 30.4 Å². The van der Waals surface area contributed by atoms with Crippen LogP contribution in [0.1, 0.15) is 32.1 Å². The third-order valence-corrected chi connectivity index (χ3v) is 5.37. The minimum atomic E-state index is -0.451. The van der Waals surface area contributed by atoms with E-state index in [1.54, 1.807) is 0 Å². The quantitative estimate of drug-likeness (QED) is 0.850. The maximum atomic E-state index is 12.9. The number of nitrogens with one attached hydrogen (secondary N) is 1. The van der Waals surface area contributed by atoms with E-state index in [0.29, 0.717) is 19.1 Å². The zero-order chi connectivity index (χ0) is 17.3. The van der Waals surface area contributed by atoms with Crippen LogP contribution < -0.4 is 5.32 Å². The zero-order valence-electron chi connectivity index (χ0n) is 14.2. The highest BCUT2D eigenvalue weighted by atomic mass is 19.1. The predicted octanol–water partition coefficient (Wildman–Crippen LogP) is 2.14. The summed E-state index contributed by atoms with van der Waals surface area (Å²) >= 11 is 0. The van der Waals surface area contributed by atoms with Crippen LogP contribution in [-0.2, 0) is 9.53 Å². The molecule has 4 rings (SSSR count). The number of hydrogen-bond donors (Lipinski definition) is 1. The molecule has 0 radical (unpaired) electrons. The summed E-state index contributed by atoms with van der Waals surface area (Å²) in [5.74, 6) is 0.324. The van der Waals surface area contributed by atoms with E-state index >= 15 is 0 Å². The molecule has 2 fully saturated rings. The van der Waals surface area contributed by atoms with E-state index in [1.165, 1.54) is 0 Å². The van der Waals surface area contributed by atoms with Gasteiger partial charge in [0.25, 0.3) is 0 Å². The molecule has 7 heteroatoms. The molecule has 1 aromatic heterocycles. The summed E-state index contributed by atoms with van der Waals surface area (Å²) in [6.07, 6.45) is 10.9. The van der Waals surface area contributed by atoms with Crippen molar-refractivity contribution >= 4 is 11.9 Å². The number of amides is 1. The van der Waals surface area contributed by atoms with Crippen molar-refractivity contribution in [3.8, 4) is 0 Å². The first-order chi connectivity index (χ1) is 12.1. The SMILES string of the molecule is O=C(C1CC=CC1)N1CCC[C@@]2(C[C@@H](Nc3ncc(F)cn3)CO2)C1. The molecule has 1 aromatic rings. The van der Waals surface area contributed by atoms with E-state index in [-0.39, 0.29) is 23.5 Å². The van der Waals surface area contributed by atoms with Gasteiger partial charge >= 0.3 is 0 Å². The number of likely N-dealkylation sites (tertiary alicyclic amines) is 1. The lowest BCUT2D eigenvalue weighted by molar-refractivity contribution is -0.143. The molecule has 1 aliphatic carbocycles. The summed E-state index contributed by atoms with van der Waals surface area (Å²) in [5.41, 5.74) is -0.280. The molecule has 0 bridgehead atoms. The molecular formula is C18H23FN4O2. The largest absolute Gasteiger partial charge is 0.371 e. The monoisotopic (exact) mass is 346 g/mol. The van der Waals surface area contributed by atoms with Crippen molar-refractivity contribution in [2.45, 2.75) is 43.7 Å². The van der Waals surface area contributed by atoms with Gasteiger partial charge in [-0.1, -0.05) is 12.2 Å². The fourth-order valence-electron chi connectivity index (χ4n) is 4.15. The Morgan fingerprint density at radius 2 is 2.08 bits per heavy atom. The van der Waals surface area contributed by atoms with Crippen LogP contribution >= 0.6 is 0 Å². The van der Waals surface area contributed by atoms with Crippen molar-refractivity contribution in [2.24, 2.45) is 5.92 Å². The van der Waals surface area contributed by atoms with Crippen LogP contribution in [0.4, 0.5) is 10.3 Å². The lowest BCUT2D eigenvalue weighted by Gasteiger charge is -2.40. The summed E-state index contributed by atoms with van der Waals surface area (Å²) in [6.45, 7) is 2.03. The van der Waals surface area contributed by atoms with Gasteiger partial charge in [0, 0.05) is 25.4 Å². The second-order valence-corrected chi connectivity index (χ2v) is 7.27. The Labute approximate surface area is 146 Å². The first kappa shape index (κ1) is 16.4. The molecule has 0 aromatic carbocycles. The van der Waals surface area contributed by atoms with E-state index in [9.17, 15) is 9.18 Å². The molecule has 2 saturated heterocycles. The van der Waals surface area contributed by atoms with Crippen molar-refractivity contribution in [1.82, 2.24) is 14.9 Å². The maximum absolute atomic E-state index is 12.9. The van der Waals surface area contributed by atoms with Crippen LogP contribution in [0, 0.1) is 11.7 Å². The minimum absolute atomic E-state index is 0.0775. The Hall–Kier alpha value is -2.02. The number of carbonyl (C=O) groups is 1. The third kappa shape index (κ3) is 3.51. The van der Waals surface area contributed by atoms with E-state index in [1.807, 2.05) is 4.90 Å². The smallest absolute Gasteiger partial charge is 0.226 e. The van der Waals surface area contributed by atoms with Crippen LogP contribution in [0.3, 0.4) is 0 Å². The van der Waals surface area contributed by atoms with Crippen LogP contribution in [-0.4, -0.2) is 52.1 Å². The van der Waals surface area contributed by atoms with Crippen LogP contribution in [0.5, 0.6) is 0 Å². The normalized spacial score (nSPS) is 29.5. The summed E-state index contributed by atoms with van der Waals surface area (Å²) in [4.78, 5) is 22.6. The average molecular weight is 346 g/mol. The number of aromatic nitrogens is 2. The third-order valence-electron chi connectivity index (χ3n) is 5.37. The number of piperidine rings is 1. The van der Waals surface area contributed by atoms with E-state index in [4.69, 9.17) is 4.74 Å². The summed E-state index contributed by atoms with van der Waals surface area (Å²) in [5, 5.41) is 3.21. The van der Waals surface area contributed by atoms with Crippen molar-refractivity contribution in [3.63, 3.8) is 0 Å². The molecule has 134 valence electrons. The van der Waals surface area contributed by atoms with Crippen molar-refractivity contribution in [2.75, 3.05) is 25.0 Å². The Morgan fingerprint density at radius 1 is 1.32 bits per heavy atom. The Balaban J connectivity index is 1.37. The van der Waals surface area contributed by atoms with Gasteiger partial charge in [-0.05, 0) is 25.7 Å². The van der Waals surface area contributed by atoms with Crippen LogP contribution in [0.25, 0.3) is 0 Å². The number of rotatable bonds is 3. The molecule has 25 heavy (non-hydrogen) atoms. The number of allylic oxidation sites excluding steroid dienone is 2. The van der Waals surface area contributed by atoms with Gasteiger partial charge in [-0.15, -0.1) is 0 Å². The van der Waals surface area contributed by atoms with Gasteiger partial charge in [0.15, 0.2) is 5.82 Å². The number of nitrogens with zero attached hydrogens (tertiary/aromatic N) is 3. The van der Waals surface area contributed by atoms with Crippen molar-refractivity contribution < 1.29 is 13.9 Å². The lowest BCUT2D eigenvalue weighted by atomic mass is 9.88. The summed E-state index contributed by atoms with van der Waals surface area (Å²) in [6, 6.07) is 0.0775. The van der Waals surface area contributed by atoms with Gasteiger partial charge in [-0.2, -0.15) is 0 Å². The second kappa shape index (κ2) is 6.71. The fraction of sp³-hybridized carbons (Fsp3) is 0.611. The molecule has 1 amide bonds. The average Bonchev–Trinajstić information content (AvgIpc) is 3.27. The predicted molar refractivity (Wildman–Crippen MR) is 90.4 cm³/mol. The number of carbonyl (C=O) groups excluding carboxylic acids is 1. The number of hydrogen-bond acceptors (Lipinski definition) is 5. The summed E-state index contributed by atoms with van der Waals surface area (Å²) in [7, 11) is 0. The molecule has 1 N–H and O–H groups in total. The van der Waals surface area contributed by atoms with Gasteiger partial charge in [0.2, 0.25) is 11.9 Å². The molecule has 2 atom stereocenters. The highest BCUT2D eigenvalue weighted by molar-refractivity contribution is 5.80. The highest BCUT2D eigenvalue weighted by Gasteiger charge is 2.45. The Kier molecular flexibility index (Phi) is 4.41. The van der Waals surface area contributed by atoms with Gasteiger partial charge in [-0.3, -0.25) is 4.79 Å². The topological polar surface area (TPSA) is 67.4 Å². The molecule has 6 nitrogen and oxygen atoms in total. The minimum Gasteiger partial charge on any atom is -0.371 e. The number of ether oxygens (including phenoxy) is 1. The molecule has 3 heterocycles. The first-order valence-corrected chi connectivity index (χ1v) is 8.95. The lowest BCUT2D eigenvalue weighted by Crippen LogP contribution is -2.51. The highest BCUT2D eigenvalue weighted by Crippen LogP contribution is 2.36. The Bertz CT molecular complexity index is 658. The van der Waals surface area contributed by atoms with Crippen molar-refractivity contribution in [1.29, 1.82) is 0 Å². The molecule has 3 aliphatic rings. The van der Waals surface area contributed by atoms with E-state index < -0.39 is 5.82 Å². The van der Waals surface area contributed by atoms with E-state index in [0.717, 1.165) is 51.0 Å². The number of halogens is 1. The molecule has 0 saturated carbocycles. The molecular weight excluding hydrogens is 323 g/mol. The fourth-order valence-corrected chi connectivity index (χ4v) is 4.15. The molecule has 0 unspecified atom stereocenters. The van der Waals surface area contributed by atoms with E-state index in [2.05, 4.69) is 27.4 Å². The Morgan fingerprint density at radius 3 is 2.84 bits per heavy atom. The van der Waals surface area contributed by atoms with Gasteiger partial charge in [0.05, 0.1) is 30.6 Å².